The SMILES string of the molecule is C[O+]=Cc1ccc(C=O)cc1. The molecular weight excluding hydrogens is 140 g/mol. The van der Waals surface area contributed by atoms with Crippen molar-refractivity contribution in [2.45, 2.75) is 0 Å². The number of rotatable bonds is 2. The van der Waals surface area contributed by atoms with Crippen molar-refractivity contribution in [3.63, 3.8) is 0 Å². The molecule has 0 atom stereocenters. The summed E-state index contributed by atoms with van der Waals surface area (Å²) in [6, 6.07) is 7.15. The van der Waals surface area contributed by atoms with Gasteiger partial charge in [0.1, 0.15) is 6.29 Å². The van der Waals surface area contributed by atoms with E-state index in [2.05, 4.69) is 0 Å². The molecule has 11 heavy (non-hydrogen) atoms. The van der Waals surface area contributed by atoms with Crippen LogP contribution in [0.2, 0.25) is 0 Å². The Morgan fingerprint density at radius 1 is 1.18 bits per heavy atom. The highest BCUT2D eigenvalue weighted by atomic mass is 16.4. The Kier molecular flexibility index (Phi) is 2.55. The van der Waals surface area contributed by atoms with E-state index in [1.807, 2.05) is 12.1 Å². The maximum atomic E-state index is 10.2. The normalized spacial score (nSPS) is 10.3. The van der Waals surface area contributed by atoms with Gasteiger partial charge in [-0.15, -0.1) is 0 Å². The summed E-state index contributed by atoms with van der Waals surface area (Å²) in [4.78, 5) is 10.2. The van der Waals surface area contributed by atoms with Gasteiger partial charge in [-0.1, -0.05) is 12.1 Å². The third-order valence-corrected chi connectivity index (χ3v) is 1.33. The van der Waals surface area contributed by atoms with Crippen LogP contribution < -0.4 is 0 Å². The first-order chi connectivity index (χ1) is 5.36. The highest BCUT2D eigenvalue weighted by Gasteiger charge is 1.93. The summed E-state index contributed by atoms with van der Waals surface area (Å²) in [7, 11) is 1.59. The van der Waals surface area contributed by atoms with Crippen molar-refractivity contribution in [1.82, 2.24) is 0 Å². The second-order valence-electron chi connectivity index (χ2n) is 2.14. The molecule has 0 heterocycles. The van der Waals surface area contributed by atoms with Crippen molar-refractivity contribution in [2.75, 3.05) is 7.11 Å². The maximum absolute atomic E-state index is 10.2. The molecule has 1 aromatic rings. The molecule has 0 radical (unpaired) electrons. The molecule has 0 spiro atoms. The third-order valence-electron chi connectivity index (χ3n) is 1.33. The van der Waals surface area contributed by atoms with Gasteiger partial charge in [0.2, 0.25) is 0 Å². The number of hydrogen-bond acceptors (Lipinski definition) is 1. The molecule has 1 aromatic carbocycles. The van der Waals surface area contributed by atoms with Gasteiger partial charge in [-0.2, -0.15) is 0 Å². The lowest BCUT2D eigenvalue weighted by Crippen LogP contribution is -1.82. The lowest BCUT2D eigenvalue weighted by atomic mass is 10.2. The number of hydrogen-bond donors (Lipinski definition) is 0. The zero-order chi connectivity index (χ0) is 8.10. The molecule has 0 aliphatic rings. The van der Waals surface area contributed by atoms with Crippen LogP contribution in [0.5, 0.6) is 0 Å². The molecule has 0 unspecified atom stereocenters. The standard InChI is InChI=1S/C9H9O2/c1-11-7-9-4-2-8(6-10)3-5-9/h2-7H,1H3/q+1. The monoisotopic (exact) mass is 149 g/mol. The summed E-state index contributed by atoms with van der Waals surface area (Å²) >= 11 is 0. The molecule has 0 aliphatic carbocycles. The van der Waals surface area contributed by atoms with Gasteiger partial charge in [-0.05, 0) is 12.1 Å². The predicted molar refractivity (Wildman–Crippen MR) is 43.1 cm³/mol. The Hall–Kier alpha value is -1.44. The molecule has 0 N–H and O–H groups in total. The van der Waals surface area contributed by atoms with Crippen LogP contribution in [0.15, 0.2) is 24.3 Å². The first-order valence-corrected chi connectivity index (χ1v) is 3.28. The molecule has 56 valence electrons. The molecule has 0 bridgehead atoms. The first-order valence-electron chi connectivity index (χ1n) is 3.28. The molecule has 0 aliphatic heterocycles. The van der Waals surface area contributed by atoms with Crippen LogP contribution in [-0.2, 0) is 0 Å². The Balaban J connectivity index is 2.91. The van der Waals surface area contributed by atoms with Crippen molar-refractivity contribution in [3.8, 4) is 0 Å². The van der Waals surface area contributed by atoms with Crippen molar-refractivity contribution in [1.29, 1.82) is 0 Å². The summed E-state index contributed by atoms with van der Waals surface area (Å²) in [6.45, 7) is 0. The largest absolute Gasteiger partial charge is 0.315 e. The summed E-state index contributed by atoms with van der Waals surface area (Å²) in [5, 5.41) is 0. The van der Waals surface area contributed by atoms with E-state index >= 15 is 0 Å². The van der Waals surface area contributed by atoms with Gasteiger partial charge < -0.3 is 0 Å². The van der Waals surface area contributed by atoms with Gasteiger partial charge in [0.05, 0.1) is 5.56 Å². The van der Waals surface area contributed by atoms with E-state index in [-0.39, 0.29) is 0 Å². The molecule has 2 nitrogen and oxygen atoms in total. The fraction of sp³-hybridized carbons (Fsp3) is 0.111. The fourth-order valence-electron chi connectivity index (χ4n) is 0.789. The zero-order valence-corrected chi connectivity index (χ0v) is 6.28. The second kappa shape index (κ2) is 3.66. The number of benzene rings is 1. The van der Waals surface area contributed by atoms with E-state index in [9.17, 15) is 4.79 Å². The Morgan fingerprint density at radius 2 is 1.73 bits per heavy atom. The molecular formula is C9H9O2+. The van der Waals surface area contributed by atoms with Gasteiger partial charge in [0.25, 0.3) is 7.11 Å². The second-order valence-corrected chi connectivity index (χ2v) is 2.14. The average molecular weight is 149 g/mol. The van der Waals surface area contributed by atoms with Gasteiger partial charge in [0.15, 0.2) is 0 Å². The number of aldehydes is 2. The van der Waals surface area contributed by atoms with Gasteiger partial charge >= 0.3 is 6.29 Å². The first kappa shape index (κ1) is 7.66. The highest BCUT2D eigenvalue weighted by Crippen LogP contribution is 1.98. The fourth-order valence-corrected chi connectivity index (χ4v) is 0.789. The third kappa shape index (κ3) is 2.00. The topological polar surface area (TPSA) is 28.4 Å². The van der Waals surface area contributed by atoms with E-state index in [1.165, 1.54) is 0 Å². The van der Waals surface area contributed by atoms with Crippen LogP contribution in [0.4, 0.5) is 0 Å². The van der Waals surface area contributed by atoms with E-state index in [0.29, 0.717) is 5.56 Å². The minimum atomic E-state index is 0.679. The van der Waals surface area contributed by atoms with Crippen LogP contribution in [-0.4, -0.2) is 19.7 Å². The molecule has 0 amide bonds. The van der Waals surface area contributed by atoms with Crippen LogP contribution >= 0.6 is 0 Å². The molecule has 0 aromatic heterocycles. The summed E-state index contributed by atoms with van der Waals surface area (Å²) in [5.41, 5.74) is 1.64. The summed E-state index contributed by atoms with van der Waals surface area (Å²) in [5.74, 6) is 0. The van der Waals surface area contributed by atoms with Crippen molar-refractivity contribution >= 4 is 12.6 Å². The maximum Gasteiger partial charge on any atom is 0.315 e. The minimum Gasteiger partial charge on any atom is -0.298 e. The Labute approximate surface area is 65.2 Å². The van der Waals surface area contributed by atoms with Crippen LogP contribution in [0.25, 0.3) is 0 Å². The average Bonchev–Trinajstić information content (AvgIpc) is 2.07. The molecule has 0 saturated heterocycles. The van der Waals surface area contributed by atoms with Gasteiger partial charge in [-0.3, -0.25) is 9.22 Å². The molecule has 0 saturated carbocycles. The van der Waals surface area contributed by atoms with Crippen molar-refractivity contribution in [2.24, 2.45) is 0 Å². The predicted octanol–water partition coefficient (Wildman–Crippen LogP) is 1.48. The van der Waals surface area contributed by atoms with E-state index < -0.39 is 0 Å². The smallest absolute Gasteiger partial charge is 0.298 e. The van der Waals surface area contributed by atoms with E-state index in [1.54, 1.807) is 25.5 Å². The van der Waals surface area contributed by atoms with E-state index in [4.69, 9.17) is 4.42 Å². The van der Waals surface area contributed by atoms with Gasteiger partial charge in [-0.25, -0.2) is 0 Å². The van der Waals surface area contributed by atoms with Gasteiger partial charge in [0, 0.05) is 5.56 Å². The lowest BCUT2D eigenvalue weighted by molar-refractivity contribution is -0.217. The van der Waals surface area contributed by atoms with Crippen LogP contribution in [0.3, 0.4) is 0 Å². The lowest BCUT2D eigenvalue weighted by Gasteiger charge is -1.87. The minimum absolute atomic E-state index is 0.679. The van der Waals surface area contributed by atoms with Crippen molar-refractivity contribution < 1.29 is 9.22 Å². The number of carbonyl (C=O) groups excluding carboxylic acids is 2. The van der Waals surface area contributed by atoms with Crippen molar-refractivity contribution in [3.05, 3.63) is 35.4 Å². The Morgan fingerprint density at radius 3 is 2.18 bits per heavy atom. The van der Waals surface area contributed by atoms with Crippen LogP contribution in [0.1, 0.15) is 20.3 Å². The Bertz CT molecular complexity index is 259. The highest BCUT2D eigenvalue weighted by molar-refractivity contribution is 5.79. The van der Waals surface area contributed by atoms with E-state index in [0.717, 1.165) is 11.8 Å². The summed E-state index contributed by atoms with van der Waals surface area (Å²) in [6.07, 6.45) is 2.44. The summed E-state index contributed by atoms with van der Waals surface area (Å²) < 4.78 is 4.79. The zero-order valence-electron chi connectivity index (χ0n) is 6.28. The quantitative estimate of drug-likeness (QED) is 0.462. The number of carbonyl (C=O) groups is 1. The molecule has 0 fully saturated rings. The molecule has 1 rings (SSSR count). The molecule has 2 heteroatoms. The van der Waals surface area contributed by atoms with Crippen LogP contribution in [0, 0.1) is 0 Å².